The first-order chi connectivity index (χ1) is 9.17. The zero-order valence-corrected chi connectivity index (χ0v) is 10.7. The molecule has 0 N–H and O–H groups in total. The van der Waals surface area contributed by atoms with E-state index < -0.39 is 4.92 Å². The van der Waals surface area contributed by atoms with Crippen molar-refractivity contribution in [1.82, 2.24) is 0 Å². The molecule has 0 spiro atoms. The molecule has 1 saturated carbocycles. The van der Waals surface area contributed by atoms with Crippen LogP contribution in [0.25, 0.3) is 0 Å². The van der Waals surface area contributed by atoms with Gasteiger partial charge in [0.1, 0.15) is 0 Å². The van der Waals surface area contributed by atoms with Crippen molar-refractivity contribution in [1.29, 1.82) is 0 Å². The number of rotatable bonds is 7. The quantitative estimate of drug-likeness (QED) is 0.428. The zero-order valence-electron chi connectivity index (χ0n) is 10.7. The van der Waals surface area contributed by atoms with Gasteiger partial charge in [-0.1, -0.05) is 0 Å². The first-order valence-corrected chi connectivity index (χ1v) is 6.16. The van der Waals surface area contributed by atoms with Crippen molar-refractivity contribution in [3.8, 4) is 0 Å². The average molecular weight is 264 g/mol. The van der Waals surface area contributed by atoms with Crippen molar-refractivity contribution in [3.05, 3.63) is 33.9 Å². The molecule has 2 rings (SSSR count). The maximum Gasteiger partial charge on any atom is 0.270 e. The highest BCUT2D eigenvalue weighted by Gasteiger charge is 2.30. The van der Waals surface area contributed by atoms with E-state index in [1.54, 1.807) is 13.2 Å². The highest BCUT2D eigenvalue weighted by Crippen LogP contribution is 2.34. The Balaban J connectivity index is 2.30. The molecule has 1 fully saturated rings. The van der Waals surface area contributed by atoms with Crippen LogP contribution < -0.4 is 4.90 Å². The van der Waals surface area contributed by atoms with Crippen LogP contribution in [-0.4, -0.2) is 37.5 Å². The third-order valence-corrected chi connectivity index (χ3v) is 3.18. The third-order valence-electron chi connectivity index (χ3n) is 3.18. The van der Waals surface area contributed by atoms with E-state index in [-0.39, 0.29) is 5.69 Å². The Bertz CT molecular complexity index is 486. The molecule has 0 aromatic heterocycles. The molecule has 0 atom stereocenters. The van der Waals surface area contributed by atoms with Crippen molar-refractivity contribution in [2.24, 2.45) is 0 Å². The van der Waals surface area contributed by atoms with Gasteiger partial charge in [0.2, 0.25) is 0 Å². The second-order valence-corrected chi connectivity index (χ2v) is 4.54. The molecular formula is C13H16N2O4. The topological polar surface area (TPSA) is 72.7 Å². The number of hydrogen-bond donors (Lipinski definition) is 0. The van der Waals surface area contributed by atoms with E-state index in [0.717, 1.165) is 18.5 Å². The Morgan fingerprint density at radius 2 is 2.26 bits per heavy atom. The summed E-state index contributed by atoms with van der Waals surface area (Å²) in [6.07, 6.45) is 2.84. The van der Waals surface area contributed by atoms with Gasteiger partial charge in [-0.3, -0.25) is 14.9 Å². The summed E-state index contributed by atoms with van der Waals surface area (Å²) in [5.41, 5.74) is 1.05. The summed E-state index contributed by atoms with van der Waals surface area (Å²) < 4.78 is 5.07. The zero-order chi connectivity index (χ0) is 13.8. The van der Waals surface area contributed by atoms with Crippen molar-refractivity contribution in [3.63, 3.8) is 0 Å². The van der Waals surface area contributed by atoms with Gasteiger partial charge >= 0.3 is 0 Å². The second-order valence-electron chi connectivity index (χ2n) is 4.54. The number of nitro benzene ring substituents is 1. The van der Waals surface area contributed by atoms with Gasteiger partial charge in [0.25, 0.3) is 5.69 Å². The Morgan fingerprint density at radius 3 is 2.79 bits per heavy atom. The molecule has 102 valence electrons. The Hall–Kier alpha value is -1.95. The summed E-state index contributed by atoms with van der Waals surface area (Å²) in [5, 5.41) is 10.7. The maximum absolute atomic E-state index is 11.1. The lowest BCUT2D eigenvalue weighted by Crippen LogP contribution is -2.30. The molecule has 1 aliphatic rings. The lowest BCUT2D eigenvalue weighted by atomic mass is 10.1. The largest absolute Gasteiger partial charge is 0.383 e. The number of aldehydes is 1. The number of methoxy groups -OCH3 is 1. The summed E-state index contributed by atoms with van der Waals surface area (Å²) >= 11 is 0. The molecule has 1 aromatic carbocycles. The monoisotopic (exact) mass is 264 g/mol. The van der Waals surface area contributed by atoms with Crippen LogP contribution >= 0.6 is 0 Å². The summed E-state index contributed by atoms with van der Waals surface area (Å²) in [6, 6.07) is 4.82. The number of carbonyl (C=O) groups excluding carboxylic acids is 1. The average Bonchev–Trinajstić information content (AvgIpc) is 3.23. The van der Waals surface area contributed by atoms with Gasteiger partial charge in [0.15, 0.2) is 6.29 Å². The normalized spacial score (nSPS) is 14.2. The lowest BCUT2D eigenvalue weighted by Gasteiger charge is -2.25. The van der Waals surface area contributed by atoms with Gasteiger partial charge in [0.05, 0.1) is 11.5 Å². The predicted octanol–water partition coefficient (Wildman–Crippen LogP) is 2.02. The summed E-state index contributed by atoms with van der Waals surface area (Å²) in [6.45, 7) is 1.24. The number of carbonyl (C=O) groups is 1. The number of hydrogen-bond acceptors (Lipinski definition) is 5. The SMILES string of the molecule is COCCN(c1ccc([N+](=O)[O-])cc1C=O)C1CC1. The van der Waals surface area contributed by atoms with Crippen LogP contribution in [0, 0.1) is 10.1 Å². The Kier molecular flexibility index (Phi) is 4.11. The van der Waals surface area contributed by atoms with Gasteiger partial charge in [-0.25, -0.2) is 0 Å². The van der Waals surface area contributed by atoms with E-state index in [1.165, 1.54) is 12.1 Å². The number of nitrogens with zero attached hydrogens (tertiary/aromatic N) is 2. The van der Waals surface area contributed by atoms with Gasteiger partial charge in [-0.15, -0.1) is 0 Å². The van der Waals surface area contributed by atoms with E-state index in [0.29, 0.717) is 31.0 Å². The summed E-state index contributed by atoms with van der Waals surface area (Å²) in [5.74, 6) is 0. The molecule has 1 aromatic rings. The second kappa shape index (κ2) is 5.79. The Morgan fingerprint density at radius 1 is 1.53 bits per heavy atom. The van der Waals surface area contributed by atoms with Gasteiger partial charge in [-0.05, 0) is 18.9 Å². The number of anilines is 1. The Labute approximate surface area is 111 Å². The molecule has 0 radical (unpaired) electrons. The van der Waals surface area contributed by atoms with E-state index in [2.05, 4.69) is 4.90 Å². The minimum absolute atomic E-state index is 0.0617. The van der Waals surface area contributed by atoms with Gasteiger partial charge in [-0.2, -0.15) is 0 Å². The first-order valence-electron chi connectivity index (χ1n) is 6.16. The van der Waals surface area contributed by atoms with Crippen molar-refractivity contribution in [2.75, 3.05) is 25.2 Å². The molecule has 0 aliphatic heterocycles. The van der Waals surface area contributed by atoms with Crippen LogP contribution in [0.15, 0.2) is 18.2 Å². The molecule has 0 saturated heterocycles. The van der Waals surface area contributed by atoms with Crippen LogP contribution in [0.1, 0.15) is 23.2 Å². The van der Waals surface area contributed by atoms with E-state index >= 15 is 0 Å². The smallest absolute Gasteiger partial charge is 0.270 e. The van der Waals surface area contributed by atoms with Crippen LogP contribution in [0.5, 0.6) is 0 Å². The standard InChI is InChI=1S/C13H16N2O4/c1-19-7-6-14(11-2-3-11)13-5-4-12(15(17)18)8-10(13)9-16/h4-5,8-9,11H,2-3,6-7H2,1H3. The minimum Gasteiger partial charge on any atom is -0.383 e. The minimum atomic E-state index is -0.493. The maximum atomic E-state index is 11.1. The predicted molar refractivity (Wildman–Crippen MR) is 70.7 cm³/mol. The number of non-ortho nitro benzene ring substituents is 1. The molecule has 19 heavy (non-hydrogen) atoms. The summed E-state index contributed by atoms with van der Waals surface area (Å²) in [7, 11) is 1.63. The third kappa shape index (κ3) is 3.08. The van der Waals surface area contributed by atoms with Crippen molar-refractivity contribution < 1.29 is 14.5 Å². The molecule has 0 bridgehead atoms. The van der Waals surface area contributed by atoms with Gasteiger partial charge < -0.3 is 9.64 Å². The molecule has 6 heteroatoms. The van der Waals surface area contributed by atoms with Crippen LogP contribution in [0.3, 0.4) is 0 Å². The molecule has 6 nitrogen and oxygen atoms in total. The first kappa shape index (κ1) is 13.5. The highest BCUT2D eigenvalue weighted by atomic mass is 16.6. The van der Waals surface area contributed by atoms with E-state index in [1.807, 2.05) is 0 Å². The fraction of sp³-hybridized carbons (Fsp3) is 0.462. The number of ether oxygens (including phenoxy) is 1. The van der Waals surface area contributed by atoms with Crippen LogP contribution in [0.2, 0.25) is 0 Å². The van der Waals surface area contributed by atoms with Crippen molar-refractivity contribution >= 4 is 17.7 Å². The van der Waals surface area contributed by atoms with E-state index in [9.17, 15) is 14.9 Å². The molecule has 0 heterocycles. The van der Waals surface area contributed by atoms with Crippen molar-refractivity contribution in [2.45, 2.75) is 18.9 Å². The fourth-order valence-electron chi connectivity index (χ4n) is 2.09. The lowest BCUT2D eigenvalue weighted by molar-refractivity contribution is -0.384. The molecule has 1 aliphatic carbocycles. The molecule has 0 amide bonds. The van der Waals surface area contributed by atoms with Crippen LogP contribution in [0.4, 0.5) is 11.4 Å². The highest BCUT2D eigenvalue weighted by molar-refractivity contribution is 5.86. The number of benzene rings is 1. The van der Waals surface area contributed by atoms with E-state index in [4.69, 9.17) is 4.74 Å². The number of nitro groups is 1. The van der Waals surface area contributed by atoms with Crippen LogP contribution in [-0.2, 0) is 4.74 Å². The molecule has 0 unspecified atom stereocenters. The van der Waals surface area contributed by atoms with Gasteiger partial charge in [0, 0.05) is 43.1 Å². The summed E-state index contributed by atoms with van der Waals surface area (Å²) in [4.78, 5) is 23.5. The fourth-order valence-corrected chi connectivity index (χ4v) is 2.09. The molecular weight excluding hydrogens is 248 g/mol.